The van der Waals surface area contributed by atoms with Crippen molar-refractivity contribution >= 4 is 33.6 Å². The fourth-order valence-electron chi connectivity index (χ4n) is 2.21. The molecule has 1 aromatic carbocycles. The van der Waals surface area contributed by atoms with Crippen molar-refractivity contribution < 1.29 is 18.4 Å². The van der Waals surface area contributed by atoms with Crippen molar-refractivity contribution in [1.29, 1.82) is 0 Å². The first-order valence-corrected chi connectivity index (χ1v) is 6.66. The minimum absolute atomic E-state index is 0.0868. The maximum absolute atomic E-state index is 14.0. The molecule has 0 fully saturated rings. The molecule has 0 radical (unpaired) electrons. The smallest absolute Gasteiger partial charge is 0.262 e. The average Bonchev–Trinajstić information content (AvgIpc) is 2.70. The van der Waals surface area contributed by atoms with Crippen molar-refractivity contribution in [2.75, 3.05) is 5.73 Å². The van der Waals surface area contributed by atoms with E-state index in [2.05, 4.69) is 15.9 Å². The second kappa shape index (κ2) is 4.73. The fourth-order valence-corrected chi connectivity index (χ4v) is 2.54. The first-order valence-electron chi connectivity index (χ1n) is 5.87. The molecule has 1 aliphatic heterocycles. The summed E-state index contributed by atoms with van der Waals surface area (Å²) in [5.74, 6) is -3.84. The molecule has 0 spiro atoms. The number of nitrogens with one attached hydrogen (secondary N) is 1. The summed E-state index contributed by atoms with van der Waals surface area (Å²) in [6.07, 6.45) is 0. The van der Waals surface area contributed by atoms with Gasteiger partial charge < -0.3 is 5.73 Å². The normalized spacial score (nSPS) is 13.2. The van der Waals surface area contributed by atoms with Gasteiger partial charge in [0.25, 0.3) is 17.4 Å². The highest BCUT2D eigenvalue weighted by Crippen LogP contribution is 2.27. The van der Waals surface area contributed by atoms with Crippen LogP contribution in [0.3, 0.4) is 0 Å². The van der Waals surface area contributed by atoms with Gasteiger partial charge in [0.1, 0.15) is 17.5 Å². The molecule has 0 bridgehead atoms. The van der Waals surface area contributed by atoms with Crippen molar-refractivity contribution in [1.82, 2.24) is 9.88 Å². The van der Waals surface area contributed by atoms with Gasteiger partial charge in [-0.25, -0.2) is 8.78 Å². The van der Waals surface area contributed by atoms with Crippen molar-refractivity contribution in [3.05, 3.63) is 55.8 Å². The van der Waals surface area contributed by atoms with Crippen molar-refractivity contribution in [3.63, 3.8) is 0 Å². The molecule has 0 atom stereocenters. The predicted octanol–water partition coefficient (Wildman–Crippen LogP) is 1.34. The van der Waals surface area contributed by atoms with Gasteiger partial charge in [-0.3, -0.25) is 24.3 Å². The van der Waals surface area contributed by atoms with Gasteiger partial charge in [-0.1, -0.05) is 0 Å². The highest BCUT2D eigenvalue weighted by Gasteiger charge is 2.32. The lowest BCUT2D eigenvalue weighted by Gasteiger charge is -2.13. The number of benzene rings is 1. The van der Waals surface area contributed by atoms with Gasteiger partial charge in [0.05, 0.1) is 21.3 Å². The quantitative estimate of drug-likeness (QED) is 0.585. The Morgan fingerprint density at radius 2 is 1.73 bits per heavy atom. The number of hydrogen-bond donors (Lipinski definition) is 2. The van der Waals surface area contributed by atoms with Gasteiger partial charge in [0.2, 0.25) is 0 Å². The number of aromatic nitrogens is 1. The zero-order chi connectivity index (χ0) is 16.2. The summed E-state index contributed by atoms with van der Waals surface area (Å²) in [5.41, 5.74) is 4.19. The molecule has 1 aliphatic rings. The van der Waals surface area contributed by atoms with E-state index in [1.54, 1.807) is 0 Å². The predicted molar refractivity (Wildman–Crippen MR) is 75.9 cm³/mol. The summed E-state index contributed by atoms with van der Waals surface area (Å²) in [5, 5.41) is 1.99. The van der Waals surface area contributed by atoms with Crippen LogP contribution in [0.15, 0.2) is 27.5 Å². The molecule has 2 amide bonds. The summed E-state index contributed by atoms with van der Waals surface area (Å²) >= 11 is 2.88. The number of carbonyl (C=O) groups is 2. The van der Waals surface area contributed by atoms with E-state index in [-0.39, 0.29) is 21.3 Å². The van der Waals surface area contributed by atoms with Crippen LogP contribution in [-0.2, 0) is 0 Å². The lowest BCUT2D eigenvalue weighted by atomic mass is 10.1. The van der Waals surface area contributed by atoms with Crippen LogP contribution in [0.25, 0.3) is 5.69 Å². The highest BCUT2D eigenvalue weighted by atomic mass is 79.9. The van der Waals surface area contributed by atoms with Crippen LogP contribution in [0.4, 0.5) is 14.6 Å². The van der Waals surface area contributed by atoms with E-state index < -0.39 is 34.8 Å². The third-order valence-corrected chi connectivity index (χ3v) is 3.79. The molecule has 0 saturated carbocycles. The molecule has 22 heavy (non-hydrogen) atoms. The molecule has 3 rings (SSSR count). The number of halogens is 3. The Balaban J connectivity index is 2.37. The Morgan fingerprint density at radius 3 is 2.41 bits per heavy atom. The molecule has 2 aromatic rings. The molecule has 3 N–H and O–H groups in total. The monoisotopic (exact) mass is 369 g/mol. The van der Waals surface area contributed by atoms with Gasteiger partial charge in [0.15, 0.2) is 0 Å². The highest BCUT2D eigenvalue weighted by molar-refractivity contribution is 9.10. The molecule has 2 heterocycles. The summed E-state index contributed by atoms with van der Waals surface area (Å²) in [6, 6.07) is 2.47. The zero-order valence-electron chi connectivity index (χ0n) is 10.6. The second-order valence-corrected chi connectivity index (χ2v) is 5.35. The molecule has 9 heteroatoms. The molecule has 1 aromatic heterocycles. The van der Waals surface area contributed by atoms with Crippen LogP contribution in [0.1, 0.15) is 20.7 Å². The van der Waals surface area contributed by atoms with Crippen LogP contribution < -0.4 is 16.6 Å². The first-order chi connectivity index (χ1) is 10.3. The number of hydrogen-bond acceptors (Lipinski definition) is 4. The number of carbonyl (C=O) groups excluding carboxylic acids is 2. The lowest BCUT2D eigenvalue weighted by Crippen LogP contribution is -2.25. The number of amides is 2. The zero-order valence-corrected chi connectivity index (χ0v) is 12.2. The Labute approximate surface area is 129 Å². The number of nitrogens with zero attached hydrogens (tertiary/aromatic N) is 1. The van der Waals surface area contributed by atoms with Crippen LogP contribution in [-0.4, -0.2) is 16.4 Å². The Bertz CT molecular complexity index is 924. The summed E-state index contributed by atoms with van der Waals surface area (Å²) in [7, 11) is 0. The van der Waals surface area contributed by atoms with E-state index >= 15 is 0 Å². The number of imide groups is 1. The summed E-state index contributed by atoms with van der Waals surface area (Å²) in [4.78, 5) is 35.4. The first kappa shape index (κ1) is 14.4. The van der Waals surface area contributed by atoms with Crippen molar-refractivity contribution in [3.8, 4) is 5.69 Å². The summed E-state index contributed by atoms with van der Waals surface area (Å²) in [6.45, 7) is 0. The van der Waals surface area contributed by atoms with Crippen LogP contribution in [0, 0.1) is 11.6 Å². The minimum Gasteiger partial charge on any atom is -0.384 e. The fraction of sp³-hybridized carbons (Fsp3) is 0. The molecule has 0 aliphatic carbocycles. The lowest BCUT2D eigenvalue weighted by molar-refractivity contribution is 0.0880. The van der Waals surface area contributed by atoms with E-state index in [1.807, 2.05) is 5.32 Å². The number of fused-ring (bicyclic) bond motifs is 1. The van der Waals surface area contributed by atoms with Crippen molar-refractivity contribution in [2.24, 2.45) is 0 Å². The van der Waals surface area contributed by atoms with Gasteiger partial charge in [-0.05, 0) is 22.0 Å². The second-order valence-electron chi connectivity index (χ2n) is 4.49. The Hall–Kier alpha value is -2.55. The standard InChI is InChI=1S/C13H6BrF2N3O3/c14-5-2-8(7(16)3-6(5)15)19-9(20)1-4-10(11(19)17)13(22)18-12(4)21/h1-3H,17H2,(H,18,21,22). The Morgan fingerprint density at radius 1 is 1.05 bits per heavy atom. The van der Waals surface area contributed by atoms with Crippen LogP contribution in [0.5, 0.6) is 0 Å². The topological polar surface area (TPSA) is 94.2 Å². The SMILES string of the molecule is Nc1c2c(cc(=O)n1-c1cc(Br)c(F)cc1F)C(=O)NC2=O. The summed E-state index contributed by atoms with van der Waals surface area (Å²) < 4.78 is 27.9. The van der Waals surface area contributed by atoms with Crippen LogP contribution in [0.2, 0.25) is 0 Å². The molecule has 0 unspecified atom stereocenters. The number of rotatable bonds is 1. The minimum atomic E-state index is -1.04. The van der Waals surface area contributed by atoms with Gasteiger partial charge in [-0.2, -0.15) is 0 Å². The van der Waals surface area contributed by atoms with Gasteiger partial charge >= 0.3 is 0 Å². The number of nitrogens with two attached hydrogens (primary N) is 1. The third kappa shape index (κ3) is 1.93. The van der Waals surface area contributed by atoms with Gasteiger partial charge in [0, 0.05) is 12.1 Å². The van der Waals surface area contributed by atoms with E-state index in [1.165, 1.54) is 0 Å². The number of pyridine rings is 1. The third-order valence-electron chi connectivity index (χ3n) is 3.18. The molecular formula is C13H6BrF2N3O3. The van der Waals surface area contributed by atoms with Gasteiger partial charge in [-0.15, -0.1) is 0 Å². The average molecular weight is 370 g/mol. The molecular weight excluding hydrogens is 364 g/mol. The molecule has 6 nitrogen and oxygen atoms in total. The van der Waals surface area contributed by atoms with E-state index in [4.69, 9.17) is 5.73 Å². The van der Waals surface area contributed by atoms with Crippen molar-refractivity contribution in [2.45, 2.75) is 0 Å². The number of anilines is 1. The maximum atomic E-state index is 14.0. The molecule has 112 valence electrons. The number of nitrogen functional groups attached to an aromatic ring is 1. The van der Waals surface area contributed by atoms with E-state index in [0.29, 0.717) is 10.6 Å². The van der Waals surface area contributed by atoms with E-state index in [9.17, 15) is 23.2 Å². The van der Waals surface area contributed by atoms with Crippen LogP contribution >= 0.6 is 15.9 Å². The molecule has 0 saturated heterocycles. The largest absolute Gasteiger partial charge is 0.384 e. The van der Waals surface area contributed by atoms with E-state index in [0.717, 1.165) is 12.1 Å². The maximum Gasteiger partial charge on any atom is 0.262 e. The Kier molecular flexibility index (Phi) is 3.10.